The number of methoxy groups -OCH3 is 1. The van der Waals surface area contributed by atoms with E-state index in [1.807, 2.05) is 12.1 Å². The summed E-state index contributed by atoms with van der Waals surface area (Å²) in [6.45, 7) is 0. The molecule has 0 fully saturated rings. The SMILES string of the molecule is COc1ccccc1-n1c(N)nnc1SCC(=O)O. The summed E-state index contributed by atoms with van der Waals surface area (Å²) in [7, 11) is 1.55. The second kappa shape index (κ2) is 5.61. The van der Waals surface area contributed by atoms with Gasteiger partial charge in [0.15, 0.2) is 5.16 Å². The lowest BCUT2D eigenvalue weighted by Gasteiger charge is -2.11. The third kappa shape index (κ3) is 2.79. The van der Waals surface area contributed by atoms with E-state index in [0.717, 1.165) is 11.8 Å². The Bertz CT molecular complexity index is 599. The van der Waals surface area contributed by atoms with Gasteiger partial charge in [0, 0.05) is 0 Å². The molecule has 8 heteroatoms. The van der Waals surface area contributed by atoms with Gasteiger partial charge in [-0.15, -0.1) is 10.2 Å². The molecular weight excluding hydrogens is 268 g/mol. The van der Waals surface area contributed by atoms with Gasteiger partial charge in [-0.3, -0.25) is 9.36 Å². The van der Waals surface area contributed by atoms with Crippen molar-refractivity contribution in [2.45, 2.75) is 5.16 Å². The van der Waals surface area contributed by atoms with Crippen molar-refractivity contribution in [3.63, 3.8) is 0 Å². The first-order valence-electron chi connectivity index (χ1n) is 5.32. The Morgan fingerprint density at radius 1 is 1.47 bits per heavy atom. The fourth-order valence-electron chi connectivity index (χ4n) is 1.54. The number of ether oxygens (including phenoxy) is 1. The molecule has 0 amide bonds. The molecule has 0 unspecified atom stereocenters. The smallest absolute Gasteiger partial charge is 0.313 e. The quantitative estimate of drug-likeness (QED) is 0.788. The minimum absolute atomic E-state index is 0.118. The summed E-state index contributed by atoms with van der Waals surface area (Å²) in [5, 5.41) is 16.8. The zero-order valence-corrected chi connectivity index (χ0v) is 10.9. The maximum absolute atomic E-state index is 10.6. The van der Waals surface area contributed by atoms with E-state index < -0.39 is 5.97 Å². The van der Waals surface area contributed by atoms with E-state index in [1.165, 1.54) is 0 Å². The van der Waals surface area contributed by atoms with Crippen molar-refractivity contribution in [1.82, 2.24) is 14.8 Å². The van der Waals surface area contributed by atoms with Gasteiger partial charge in [0.2, 0.25) is 5.95 Å². The molecule has 19 heavy (non-hydrogen) atoms. The summed E-state index contributed by atoms with van der Waals surface area (Å²) in [5.74, 6) is -0.269. The van der Waals surface area contributed by atoms with Crippen LogP contribution in [0.15, 0.2) is 29.4 Å². The zero-order chi connectivity index (χ0) is 13.8. The number of carboxylic acids is 1. The van der Waals surface area contributed by atoms with E-state index in [9.17, 15) is 4.79 Å². The number of carboxylic acid groups (broad SMARTS) is 1. The van der Waals surface area contributed by atoms with Crippen LogP contribution in [0.2, 0.25) is 0 Å². The van der Waals surface area contributed by atoms with E-state index in [1.54, 1.807) is 23.8 Å². The number of aliphatic carboxylic acids is 1. The highest BCUT2D eigenvalue weighted by atomic mass is 32.2. The van der Waals surface area contributed by atoms with Crippen LogP contribution in [0.25, 0.3) is 5.69 Å². The average Bonchev–Trinajstić information content (AvgIpc) is 2.77. The number of nitrogens with two attached hydrogens (primary N) is 1. The minimum Gasteiger partial charge on any atom is -0.495 e. The highest BCUT2D eigenvalue weighted by molar-refractivity contribution is 7.99. The molecule has 100 valence electrons. The van der Waals surface area contributed by atoms with Gasteiger partial charge in [-0.2, -0.15) is 0 Å². The number of thioether (sulfide) groups is 1. The first kappa shape index (κ1) is 13.2. The Morgan fingerprint density at radius 3 is 2.89 bits per heavy atom. The van der Waals surface area contributed by atoms with Crippen molar-refractivity contribution < 1.29 is 14.6 Å². The number of para-hydroxylation sites is 2. The van der Waals surface area contributed by atoms with Crippen LogP contribution in [0.3, 0.4) is 0 Å². The molecule has 0 spiro atoms. The van der Waals surface area contributed by atoms with Crippen molar-refractivity contribution in [3.8, 4) is 11.4 Å². The molecule has 0 saturated heterocycles. The van der Waals surface area contributed by atoms with Crippen molar-refractivity contribution in [1.29, 1.82) is 0 Å². The number of aromatic nitrogens is 3. The van der Waals surface area contributed by atoms with Gasteiger partial charge in [0.1, 0.15) is 5.75 Å². The summed E-state index contributed by atoms with van der Waals surface area (Å²) in [5.41, 5.74) is 6.44. The van der Waals surface area contributed by atoms with Gasteiger partial charge in [0.05, 0.1) is 18.6 Å². The van der Waals surface area contributed by atoms with Gasteiger partial charge in [0.25, 0.3) is 0 Å². The van der Waals surface area contributed by atoms with E-state index in [-0.39, 0.29) is 11.7 Å². The monoisotopic (exact) mass is 280 g/mol. The molecule has 0 atom stereocenters. The van der Waals surface area contributed by atoms with Crippen LogP contribution in [0.4, 0.5) is 5.95 Å². The Balaban J connectivity index is 2.43. The Kier molecular flexibility index (Phi) is 3.91. The van der Waals surface area contributed by atoms with E-state index >= 15 is 0 Å². The van der Waals surface area contributed by atoms with Crippen LogP contribution in [0, 0.1) is 0 Å². The molecule has 0 bridgehead atoms. The highest BCUT2D eigenvalue weighted by Gasteiger charge is 2.16. The predicted octanol–water partition coefficient (Wildman–Crippen LogP) is 1.03. The average molecular weight is 280 g/mol. The Labute approximate surface area is 113 Å². The van der Waals surface area contributed by atoms with Crippen molar-refractivity contribution >= 4 is 23.7 Å². The third-order valence-electron chi connectivity index (χ3n) is 2.31. The number of nitrogens with zero attached hydrogens (tertiary/aromatic N) is 3. The normalized spacial score (nSPS) is 10.4. The molecule has 0 aliphatic carbocycles. The molecule has 1 heterocycles. The standard InChI is InChI=1S/C11H12N4O3S/c1-18-8-5-3-2-4-7(8)15-10(12)13-14-11(15)19-6-9(16)17/h2-5H,6H2,1H3,(H2,12,13)(H,16,17). The lowest BCUT2D eigenvalue weighted by molar-refractivity contribution is -0.133. The van der Waals surface area contributed by atoms with Crippen molar-refractivity contribution in [2.75, 3.05) is 18.6 Å². The van der Waals surface area contributed by atoms with Gasteiger partial charge in [-0.1, -0.05) is 23.9 Å². The Hall–Kier alpha value is -2.22. The molecular formula is C11H12N4O3S. The topological polar surface area (TPSA) is 103 Å². The number of hydrogen-bond donors (Lipinski definition) is 2. The molecule has 0 saturated carbocycles. The summed E-state index contributed by atoms with van der Waals surface area (Å²) < 4.78 is 6.81. The van der Waals surface area contributed by atoms with E-state index in [4.69, 9.17) is 15.6 Å². The molecule has 1 aromatic heterocycles. The van der Waals surface area contributed by atoms with Crippen LogP contribution in [0.5, 0.6) is 5.75 Å². The van der Waals surface area contributed by atoms with Crippen molar-refractivity contribution in [2.24, 2.45) is 0 Å². The molecule has 0 aliphatic rings. The molecule has 2 rings (SSSR count). The lowest BCUT2D eigenvalue weighted by atomic mass is 10.3. The van der Waals surface area contributed by atoms with Crippen LogP contribution in [0.1, 0.15) is 0 Å². The summed E-state index contributed by atoms with van der Waals surface area (Å²) in [4.78, 5) is 10.6. The van der Waals surface area contributed by atoms with Gasteiger partial charge in [-0.05, 0) is 12.1 Å². The fourth-order valence-corrected chi connectivity index (χ4v) is 2.21. The zero-order valence-electron chi connectivity index (χ0n) is 10.1. The van der Waals surface area contributed by atoms with Crippen LogP contribution in [-0.4, -0.2) is 38.7 Å². The Morgan fingerprint density at radius 2 is 2.21 bits per heavy atom. The van der Waals surface area contributed by atoms with Gasteiger partial charge < -0.3 is 15.6 Å². The third-order valence-corrected chi connectivity index (χ3v) is 3.22. The van der Waals surface area contributed by atoms with Gasteiger partial charge >= 0.3 is 5.97 Å². The largest absolute Gasteiger partial charge is 0.495 e. The minimum atomic E-state index is -0.932. The second-order valence-corrected chi connectivity index (χ2v) is 4.47. The van der Waals surface area contributed by atoms with Crippen LogP contribution >= 0.6 is 11.8 Å². The summed E-state index contributed by atoms with van der Waals surface area (Å²) >= 11 is 1.04. The maximum atomic E-state index is 10.6. The first-order chi connectivity index (χ1) is 9.13. The lowest BCUT2D eigenvalue weighted by Crippen LogP contribution is -2.05. The maximum Gasteiger partial charge on any atom is 0.313 e. The predicted molar refractivity (Wildman–Crippen MR) is 70.7 cm³/mol. The van der Waals surface area contributed by atoms with Crippen LogP contribution < -0.4 is 10.5 Å². The summed E-state index contributed by atoms with van der Waals surface area (Å²) in [6, 6.07) is 7.22. The number of anilines is 1. The molecule has 3 N–H and O–H groups in total. The number of benzene rings is 1. The second-order valence-electron chi connectivity index (χ2n) is 3.53. The highest BCUT2D eigenvalue weighted by Crippen LogP contribution is 2.29. The number of carbonyl (C=O) groups is 1. The van der Waals surface area contributed by atoms with E-state index in [0.29, 0.717) is 16.6 Å². The molecule has 0 aliphatic heterocycles. The number of rotatable bonds is 5. The van der Waals surface area contributed by atoms with Crippen LogP contribution in [-0.2, 0) is 4.79 Å². The van der Waals surface area contributed by atoms with Gasteiger partial charge in [-0.25, -0.2) is 0 Å². The molecule has 0 radical (unpaired) electrons. The number of nitrogen functional groups attached to an aromatic ring is 1. The number of hydrogen-bond acceptors (Lipinski definition) is 6. The molecule has 1 aromatic carbocycles. The van der Waals surface area contributed by atoms with E-state index in [2.05, 4.69) is 10.2 Å². The fraction of sp³-hybridized carbons (Fsp3) is 0.182. The first-order valence-corrected chi connectivity index (χ1v) is 6.31. The van der Waals surface area contributed by atoms with Crippen molar-refractivity contribution in [3.05, 3.63) is 24.3 Å². The molecule has 2 aromatic rings. The molecule has 7 nitrogen and oxygen atoms in total. The summed E-state index contributed by atoms with van der Waals surface area (Å²) in [6.07, 6.45) is 0.